The Morgan fingerprint density at radius 2 is 0.800 bits per heavy atom. The van der Waals surface area contributed by atoms with Gasteiger partial charge in [0.25, 0.3) is 0 Å². The van der Waals surface area contributed by atoms with Gasteiger partial charge >= 0.3 is 0 Å². The summed E-state index contributed by atoms with van der Waals surface area (Å²) in [5.41, 5.74) is -0.583. The van der Waals surface area contributed by atoms with Gasteiger partial charge in [0.05, 0.1) is 85.2 Å². The quantitative estimate of drug-likeness (QED) is 0.328. The number of hydrogen-bond donors (Lipinski definition) is 0. The van der Waals surface area contributed by atoms with E-state index >= 15 is 0 Å². The van der Waals surface area contributed by atoms with Crippen molar-refractivity contribution in [2.45, 2.75) is 28.3 Å². The first-order valence-electron chi connectivity index (χ1n) is 4.11. The average Bonchev–Trinajstić information content (AvgIpc) is 2.42. The van der Waals surface area contributed by atoms with Gasteiger partial charge in [-0.05, 0) is 0 Å². The Hall–Kier alpha value is 1.49. The zero-order chi connectivity index (χ0) is 15.5. The topological polar surface area (TPSA) is 0 Å². The summed E-state index contributed by atoms with van der Waals surface area (Å²) in [6.07, 6.45) is 0. The van der Waals surface area contributed by atoms with Gasteiger partial charge in [-0.1, -0.05) is 34.8 Å². The van der Waals surface area contributed by atoms with E-state index in [-0.39, 0.29) is 0 Å². The molecular weight excluding hydrogens is 446 g/mol. The molecule has 0 aliphatic carbocycles. The van der Waals surface area contributed by atoms with E-state index in [1.165, 1.54) is 0 Å². The second-order valence-corrected chi connectivity index (χ2v) is 8.00. The maximum Gasteiger partial charge on any atom is 0.218 e. The van der Waals surface area contributed by atoms with Crippen molar-refractivity contribution in [1.29, 1.82) is 0 Å². The zero-order valence-corrected chi connectivity index (χ0v) is 14.9. The first-order valence-corrected chi connectivity index (χ1v) is 8.83. The van der Waals surface area contributed by atoms with Gasteiger partial charge in [-0.3, -0.25) is 0 Å². The summed E-state index contributed by atoms with van der Waals surface area (Å²) in [5.74, 6) is 0. The smallest absolute Gasteiger partial charge is 0.160 e. The molecule has 114 valence electrons. The highest BCUT2D eigenvalue weighted by Gasteiger charge is 2.37. The molecule has 0 aromatic heterocycles. The predicted molar refractivity (Wildman–Crippen MR) is 80.5 cm³/mol. The average molecular weight is 446 g/mol. The number of benzene rings is 1. The lowest BCUT2D eigenvalue weighted by Gasteiger charge is -2.21. The lowest BCUT2D eigenvalue weighted by molar-refractivity contribution is 0.799. The van der Waals surface area contributed by atoms with E-state index in [2.05, 4.69) is 0 Å². The van der Waals surface area contributed by atoms with Gasteiger partial charge in [0.2, 0.25) is 3.79 Å². The van der Waals surface area contributed by atoms with Crippen molar-refractivity contribution in [3.8, 4) is 0 Å². The molecule has 0 amide bonds. The van der Waals surface area contributed by atoms with Crippen molar-refractivity contribution in [2.24, 2.45) is 0 Å². The Morgan fingerprint density at radius 1 is 0.550 bits per heavy atom. The van der Waals surface area contributed by atoms with Gasteiger partial charge in [0.15, 0.2) is 0 Å². The molecule has 0 atom stereocenters. The SMILES string of the molecule is FSc1c(SF)c(SF)c(C(Cl)(Cl)Cl)c(SF)c1SF. The van der Waals surface area contributed by atoms with Gasteiger partial charge in [0, 0.05) is 5.56 Å². The van der Waals surface area contributed by atoms with E-state index in [0.29, 0.717) is 0 Å². The van der Waals surface area contributed by atoms with Crippen LogP contribution in [0, 0.1) is 0 Å². The monoisotopic (exact) mass is 444 g/mol. The van der Waals surface area contributed by atoms with E-state index < -0.39 is 94.6 Å². The summed E-state index contributed by atoms with van der Waals surface area (Å²) in [6, 6.07) is 0. The minimum atomic E-state index is -2.35. The lowest BCUT2D eigenvalue weighted by atomic mass is 10.2. The third kappa shape index (κ3) is 3.87. The molecule has 0 bridgehead atoms. The highest BCUT2D eigenvalue weighted by Crippen LogP contribution is 2.57. The van der Waals surface area contributed by atoms with Gasteiger partial charge in [-0.2, -0.15) is 19.4 Å². The van der Waals surface area contributed by atoms with Crippen LogP contribution >= 0.6 is 95.5 Å². The Morgan fingerprint density at radius 3 is 1.00 bits per heavy atom. The van der Waals surface area contributed by atoms with Gasteiger partial charge in [0.1, 0.15) is 0 Å². The van der Waals surface area contributed by atoms with Crippen LogP contribution in [0.5, 0.6) is 0 Å². The fourth-order valence-electron chi connectivity index (χ4n) is 1.25. The summed E-state index contributed by atoms with van der Waals surface area (Å²) in [7, 11) is 0. The number of hydrogen-bond acceptors (Lipinski definition) is 5. The minimum Gasteiger partial charge on any atom is -0.160 e. The molecule has 0 heterocycles. The molecule has 1 rings (SSSR count). The maximum atomic E-state index is 13.0. The molecule has 1 aromatic rings. The highest BCUT2D eigenvalue weighted by atomic mass is 35.6. The largest absolute Gasteiger partial charge is 0.218 e. The summed E-state index contributed by atoms with van der Waals surface area (Å²) >= 11 is 14.0. The Bertz CT molecular complexity index is 464. The normalized spacial score (nSPS) is 12.0. The number of halogens is 8. The molecule has 0 unspecified atom stereocenters. The lowest BCUT2D eigenvalue weighted by Crippen LogP contribution is -2.07. The van der Waals surface area contributed by atoms with Crippen molar-refractivity contribution in [3.05, 3.63) is 5.56 Å². The zero-order valence-electron chi connectivity index (χ0n) is 8.56. The maximum absolute atomic E-state index is 13.0. The Labute approximate surface area is 148 Å². The third-order valence-electron chi connectivity index (χ3n) is 1.95. The van der Waals surface area contributed by atoms with Crippen molar-refractivity contribution in [3.63, 3.8) is 0 Å². The van der Waals surface area contributed by atoms with E-state index in [9.17, 15) is 19.4 Å². The second-order valence-electron chi connectivity index (χ2n) is 2.90. The second kappa shape index (κ2) is 8.37. The molecule has 0 saturated carbocycles. The molecule has 20 heavy (non-hydrogen) atoms. The highest BCUT2D eigenvalue weighted by molar-refractivity contribution is 8.00. The van der Waals surface area contributed by atoms with Crippen LogP contribution in [-0.2, 0) is 3.79 Å². The first kappa shape index (κ1) is 19.5. The molecule has 0 radical (unpaired) electrons. The summed E-state index contributed by atoms with van der Waals surface area (Å²) < 4.78 is 62.5. The van der Waals surface area contributed by atoms with Crippen LogP contribution < -0.4 is 0 Å². The minimum absolute atomic E-state index is 0.554. The molecule has 0 N–H and O–H groups in total. The van der Waals surface area contributed by atoms with Crippen LogP contribution in [-0.4, -0.2) is 0 Å². The number of rotatable bonds is 5. The van der Waals surface area contributed by atoms with Crippen LogP contribution in [0.4, 0.5) is 19.4 Å². The van der Waals surface area contributed by atoms with Crippen molar-refractivity contribution < 1.29 is 19.4 Å². The molecule has 0 saturated heterocycles. The van der Waals surface area contributed by atoms with E-state index in [4.69, 9.17) is 34.8 Å². The van der Waals surface area contributed by atoms with Crippen molar-refractivity contribution >= 4 is 95.5 Å². The van der Waals surface area contributed by atoms with Crippen molar-refractivity contribution in [2.75, 3.05) is 0 Å². The Kier molecular flexibility index (Phi) is 8.18. The van der Waals surface area contributed by atoms with Crippen LogP contribution in [0.3, 0.4) is 0 Å². The van der Waals surface area contributed by atoms with E-state index in [0.717, 1.165) is 0 Å². The molecular formula is C7Cl3F5S5. The van der Waals surface area contributed by atoms with Gasteiger partial charge in [-0.15, -0.1) is 0 Å². The molecule has 0 aliphatic heterocycles. The molecule has 0 fully saturated rings. The van der Waals surface area contributed by atoms with Crippen LogP contribution in [0.1, 0.15) is 5.56 Å². The summed E-state index contributed by atoms with van der Waals surface area (Å²) in [4.78, 5) is -3.09. The third-order valence-corrected chi connectivity index (χ3v) is 5.84. The molecule has 13 heteroatoms. The van der Waals surface area contributed by atoms with Crippen molar-refractivity contribution in [1.82, 2.24) is 0 Å². The van der Waals surface area contributed by atoms with Gasteiger partial charge in [-0.25, -0.2) is 0 Å². The molecule has 0 spiro atoms. The standard InChI is InChI=1S/C7Cl3F5S5/c8-7(9,10)1-2(16-11)4(18-13)6(20-15)5(19-14)3(1)17-12. The summed E-state index contributed by atoms with van der Waals surface area (Å²) in [5, 5.41) is 0. The predicted octanol–water partition coefficient (Wildman–Crippen LogP) is 8.40. The number of alkyl halides is 3. The van der Waals surface area contributed by atoms with Crippen LogP contribution in [0.15, 0.2) is 24.5 Å². The Balaban J connectivity index is 3.90. The van der Waals surface area contributed by atoms with E-state index in [1.54, 1.807) is 0 Å². The molecule has 1 aromatic carbocycles. The molecule has 0 aliphatic rings. The first-order chi connectivity index (χ1) is 9.37. The fraction of sp³-hybridized carbons (Fsp3) is 0.143. The fourth-order valence-corrected chi connectivity index (χ4v) is 5.21. The van der Waals surface area contributed by atoms with Gasteiger partial charge < -0.3 is 0 Å². The van der Waals surface area contributed by atoms with Crippen LogP contribution in [0.2, 0.25) is 0 Å². The van der Waals surface area contributed by atoms with Crippen LogP contribution in [0.25, 0.3) is 0 Å². The molecule has 0 nitrogen and oxygen atoms in total. The van der Waals surface area contributed by atoms with E-state index in [1.807, 2.05) is 0 Å². The summed E-state index contributed by atoms with van der Waals surface area (Å²) in [6.45, 7) is 0.